The molecule has 0 amide bonds. The van der Waals surface area contributed by atoms with Crippen molar-refractivity contribution in [3.05, 3.63) is 0 Å². The predicted octanol–water partition coefficient (Wildman–Crippen LogP) is 2.00. The van der Waals surface area contributed by atoms with Gasteiger partial charge in [0.05, 0.1) is 18.6 Å². The number of ketones is 2. The largest absolute Gasteiger partial charge is 0.365 e. The molecule has 0 aromatic heterocycles. The molecule has 2 aliphatic heterocycles. The number of fused-ring (bicyclic) bond motifs is 3. The maximum absolute atomic E-state index is 12.7. The topological polar surface area (TPSA) is 72.8 Å². The molecule has 1 N–H and O–H groups in total. The Hall–Kier alpha value is -0.780. The molecule has 2 aliphatic carbocycles. The van der Waals surface area contributed by atoms with E-state index in [1.807, 2.05) is 0 Å². The maximum Gasteiger partial charge on any atom is 0.168 e. The van der Waals surface area contributed by atoms with Crippen molar-refractivity contribution < 1.29 is 24.2 Å². The summed E-state index contributed by atoms with van der Waals surface area (Å²) in [6, 6.07) is 0. The molecule has 0 spiro atoms. The summed E-state index contributed by atoms with van der Waals surface area (Å²) in [5.74, 6) is -1.07. The summed E-state index contributed by atoms with van der Waals surface area (Å²) in [4.78, 5) is 24.8. The van der Waals surface area contributed by atoms with E-state index in [4.69, 9.17) is 9.47 Å². The van der Waals surface area contributed by atoms with Crippen LogP contribution in [0.1, 0.15) is 57.8 Å². The van der Waals surface area contributed by atoms with Crippen molar-refractivity contribution in [2.75, 3.05) is 6.61 Å². The Labute approximate surface area is 136 Å². The molecule has 2 saturated heterocycles. The molecular formula is C18H26O5. The second kappa shape index (κ2) is 5.94. The minimum atomic E-state index is -1.07. The molecule has 5 nitrogen and oxygen atoms in total. The number of Topliss-reactive ketones (excluding diaryl/α,β-unsaturated/α-hetero) is 2. The van der Waals surface area contributed by atoms with Crippen LogP contribution in [0.4, 0.5) is 0 Å². The van der Waals surface area contributed by atoms with E-state index in [1.54, 1.807) is 0 Å². The first kappa shape index (κ1) is 15.7. The van der Waals surface area contributed by atoms with E-state index in [9.17, 15) is 14.7 Å². The predicted molar refractivity (Wildman–Crippen MR) is 81.6 cm³/mol. The number of carbonyl (C=O) groups is 2. The molecule has 0 bridgehead atoms. The lowest BCUT2D eigenvalue weighted by molar-refractivity contribution is -0.318. The van der Waals surface area contributed by atoms with Crippen LogP contribution in [-0.2, 0) is 19.1 Å². The fourth-order valence-corrected chi connectivity index (χ4v) is 5.17. The van der Waals surface area contributed by atoms with E-state index in [-0.39, 0.29) is 35.4 Å². The first-order valence-electron chi connectivity index (χ1n) is 9.16. The molecule has 128 valence electrons. The molecule has 4 rings (SSSR count). The lowest BCUT2D eigenvalue weighted by atomic mass is 9.67. The monoisotopic (exact) mass is 322 g/mol. The summed E-state index contributed by atoms with van der Waals surface area (Å²) in [6.07, 6.45) is 6.54. The third-order valence-electron chi connectivity index (χ3n) is 6.41. The molecule has 2 heterocycles. The summed E-state index contributed by atoms with van der Waals surface area (Å²) >= 11 is 0. The van der Waals surface area contributed by atoms with Gasteiger partial charge in [-0.25, -0.2) is 0 Å². The van der Waals surface area contributed by atoms with Crippen molar-refractivity contribution in [1.29, 1.82) is 0 Å². The van der Waals surface area contributed by atoms with Crippen molar-refractivity contribution >= 4 is 11.6 Å². The van der Waals surface area contributed by atoms with Crippen LogP contribution >= 0.6 is 0 Å². The maximum atomic E-state index is 12.7. The van der Waals surface area contributed by atoms with Gasteiger partial charge in [-0.05, 0) is 25.7 Å². The zero-order valence-electron chi connectivity index (χ0n) is 13.5. The van der Waals surface area contributed by atoms with Crippen LogP contribution in [0.15, 0.2) is 0 Å². The number of hydrogen-bond acceptors (Lipinski definition) is 5. The Morgan fingerprint density at radius 3 is 2.70 bits per heavy atom. The molecule has 0 aromatic carbocycles. The molecule has 0 radical (unpaired) electrons. The summed E-state index contributed by atoms with van der Waals surface area (Å²) in [6.45, 7) is 0.336. The van der Waals surface area contributed by atoms with Gasteiger partial charge in [-0.1, -0.05) is 12.8 Å². The first-order valence-corrected chi connectivity index (χ1v) is 9.16. The van der Waals surface area contributed by atoms with Gasteiger partial charge in [0.25, 0.3) is 0 Å². The molecule has 0 unspecified atom stereocenters. The fraction of sp³-hybridized carbons (Fsp3) is 0.889. The third-order valence-corrected chi connectivity index (χ3v) is 6.41. The van der Waals surface area contributed by atoms with E-state index in [2.05, 4.69) is 0 Å². The number of aliphatic hydroxyl groups is 1. The summed E-state index contributed by atoms with van der Waals surface area (Å²) < 4.78 is 11.9. The molecule has 6 atom stereocenters. The van der Waals surface area contributed by atoms with Crippen LogP contribution in [0, 0.1) is 17.8 Å². The first-order chi connectivity index (χ1) is 11.1. The van der Waals surface area contributed by atoms with Gasteiger partial charge in [0.2, 0.25) is 0 Å². The van der Waals surface area contributed by atoms with Gasteiger partial charge < -0.3 is 14.6 Å². The van der Waals surface area contributed by atoms with Crippen LogP contribution in [0.25, 0.3) is 0 Å². The molecule has 0 aromatic rings. The molecule has 4 aliphatic rings. The molecule has 4 fully saturated rings. The Morgan fingerprint density at radius 1 is 1.04 bits per heavy atom. The van der Waals surface area contributed by atoms with Gasteiger partial charge in [-0.2, -0.15) is 0 Å². The molecule has 23 heavy (non-hydrogen) atoms. The van der Waals surface area contributed by atoms with E-state index >= 15 is 0 Å². The van der Waals surface area contributed by atoms with Gasteiger partial charge in [0, 0.05) is 31.1 Å². The van der Waals surface area contributed by atoms with Crippen molar-refractivity contribution in [2.24, 2.45) is 17.8 Å². The highest BCUT2D eigenvalue weighted by Gasteiger charge is 2.55. The molecule has 2 saturated carbocycles. The lowest BCUT2D eigenvalue weighted by Gasteiger charge is -2.52. The van der Waals surface area contributed by atoms with Gasteiger partial charge >= 0.3 is 0 Å². The van der Waals surface area contributed by atoms with Gasteiger partial charge in [-0.15, -0.1) is 0 Å². The standard InChI is InChI=1S/C18H26O5/c19-14-7-2-1-5-11(14)17-15(20)9-12-13-6-3-4-8-18(13,21)22-10-16(12)23-17/h11-13,16-17,21H,1-10H2/t11-,12-,13+,16-,17-,18-/m1/s1. The third kappa shape index (κ3) is 2.67. The summed E-state index contributed by atoms with van der Waals surface area (Å²) in [5.41, 5.74) is 0. The van der Waals surface area contributed by atoms with E-state index < -0.39 is 11.9 Å². The smallest absolute Gasteiger partial charge is 0.168 e. The highest BCUT2D eigenvalue weighted by atomic mass is 16.6. The van der Waals surface area contributed by atoms with Crippen LogP contribution in [0.3, 0.4) is 0 Å². The number of rotatable bonds is 1. The minimum absolute atomic E-state index is 0.0121. The van der Waals surface area contributed by atoms with E-state index in [1.165, 1.54) is 0 Å². The zero-order valence-corrected chi connectivity index (χ0v) is 13.5. The van der Waals surface area contributed by atoms with Gasteiger partial charge in [-0.3, -0.25) is 9.59 Å². The SMILES string of the molecule is O=C1CCCC[C@H]1[C@H]1O[C@@H]2CO[C@]3(O)CCCC[C@H]3[C@H]2CC1=O. The van der Waals surface area contributed by atoms with Crippen LogP contribution in [0.2, 0.25) is 0 Å². The second-order valence-electron chi connectivity index (χ2n) is 7.76. The number of hydrogen-bond donors (Lipinski definition) is 1. The minimum Gasteiger partial charge on any atom is -0.365 e. The summed E-state index contributed by atoms with van der Waals surface area (Å²) in [5, 5.41) is 10.7. The lowest BCUT2D eigenvalue weighted by Crippen LogP contribution is -2.61. The Morgan fingerprint density at radius 2 is 1.87 bits per heavy atom. The van der Waals surface area contributed by atoms with Crippen molar-refractivity contribution in [2.45, 2.75) is 75.8 Å². The fourth-order valence-electron chi connectivity index (χ4n) is 5.17. The van der Waals surface area contributed by atoms with Crippen LogP contribution < -0.4 is 0 Å². The normalized spacial score (nSPS) is 47.8. The Bertz CT molecular complexity index is 504. The van der Waals surface area contributed by atoms with Gasteiger partial charge in [0.1, 0.15) is 11.9 Å². The highest BCUT2D eigenvalue weighted by molar-refractivity contribution is 5.92. The second-order valence-corrected chi connectivity index (χ2v) is 7.76. The van der Waals surface area contributed by atoms with Crippen LogP contribution in [-0.4, -0.2) is 41.3 Å². The number of ether oxygens (including phenoxy) is 2. The van der Waals surface area contributed by atoms with Crippen molar-refractivity contribution in [3.8, 4) is 0 Å². The summed E-state index contributed by atoms with van der Waals surface area (Å²) in [7, 11) is 0. The van der Waals surface area contributed by atoms with Crippen LogP contribution in [0.5, 0.6) is 0 Å². The van der Waals surface area contributed by atoms with Crippen molar-refractivity contribution in [3.63, 3.8) is 0 Å². The molecule has 5 heteroatoms. The Balaban J connectivity index is 1.52. The zero-order chi connectivity index (χ0) is 16.0. The Kier molecular flexibility index (Phi) is 4.06. The van der Waals surface area contributed by atoms with Crippen molar-refractivity contribution in [1.82, 2.24) is 0 Å². The van der Waals surface area contributed by atoms with E-state index in [0.717, 1.165) is 38.5 Å². The molecular weight excluding hydrogens is 296 g/mol. The quantitative estimate of drug-likeness (QED) is 0.799. The van der Waals surface area contributed by atoms with Gasteiger partial charge in [0.15, 0.2) is 11.6 Å². The van der Waals surface area contributed by atoms with E-state index in [0.29, 0.717) is 25.9 Å². The number of carbonyl (C=O) groups excluding carboxylic acids is 2. The highest BCUT2D eigenvalue weighted by Crippen LogP contribution is 2.48. The average molecular weight is 322 g/mol. The average Bonchev–Trinajstić information content (AvgIpc) is 2.55.